The molecule has 2 nitrogen and oxygen atoms in total. The Morgan fingerprint density at radius 2 is 2.11 bits per heavy atom. The van der Waals surface area contributed by atoms with E-state index < -0.39 is 0 Å². The summed E-state index contributed by atoms with van der Waals surface area (Å²) in [6.45, 7) is 4.89. The van der Waals surface area contributed by atoms with Crippen LogP contribution in [0.25, 0.3) is 0 Å². The highest BCUT2D eigenvalue weighted by Gasteiger charge is 2.58. The molecule has 100 valence electrons. The summed E-state index contributed by atoms with van der Waals surface area (Å²) < 4.78 is 4.96. The van der Waals surface area contributed by atoms with Crippen molar-refractivity contribution in [2.45, 2.75) is 52.4 Å². The van der Waals surface area contributed by atoms with Gasteiger partial charge in [0.1, 0.15) is 0 Å². The third-order valence-corrected chi connectivity index (χ3v) is 6.17. The van der Waals surface area contributed by atoms with Crippen molar-refractivity contribution in [3.63, 3.8) is 0 Å². The van der Waals surface area contributed by atoms with Gasteiger partial charge in [0, 0.05) is 5.57 Å². The molecule has 2 bridgehead atoms. The molecule has 0 radical (unpaired) electrons. The summed E-state index contributed by atoms with van der Waals surface area (Å²) in [5.74, 6) is 0.985. The summed E-state index contributed by atoms with van der Waals surface area (Å²) in [5.41, 5.74) is 1.88. The number of ether oxygens (including phenoxy) is 1. The molecular weight excluding hydrogens is 224 g/mol. The van der Waals surface area contributed by atoms with Crippen LogP contribution in [0.4, 0.5) is 0 Å². The van der Waals surface area contributed by atoms with Gasteiger partial charge in [-0.05, 0) is 54.8 Å². The van der Waals surface area contributed by atoms with Gasteiger partial charge in [0.2, 0.25) is 0 Å². The predicted octanol–water partition coefficient (Wildman–Crippen LogP) is 3.71. The molecular formula is C16H24O2. The molecule has 3 rings (SSSR count). The van der Waals surface area contributed by atoms with Crippen LogP contribution >= 0.6 is 0 Å². The standard InChI is InChI=1S/C16H24O2/c1-15(2)7-4-5-12-9-13(14(17)18-3)11-6-8-16(12,15)10-11/h9,11-12H,4-8,10H2,1-3H3/t11-,12+,16-/m0/s1. The maximum absolute atomic E-state index is 11.9. The first-order valence-corrected chi connectivity index (χ1v) is 7.30. The fourth-order valence-electron chi connectivity index (χ4n) is 5.03. The number of methoxy groups -OCH3 is 1. The van der Waals surface area contributed by atoms with E-state index in [-0.39, 0.29) is 5.97 Å². The maximum Gasteiger partial charge on any atom is 0.333 e. The van der Waals surface area contributed by atoms with Crippen LogP contribution in [-0.4, -0.2) is 13.1 Å². The Labute approximate surface area is 110 Å². The molecule has 0 aromatic heterocycles. The SMILES string of the molecule is COC(=O)C1=C[C@H]2CCCC(C)(C)[C@]23CC[C@H]1C3. The van der Waals surface area contributed by atoms with Crippen LogP contribution in [0.2, 0.25) is 0 Å². The Morgan fingerprint density at radius 3 is 2.83 bits per heavy atom. The van der Waals surface area contributed by atoms with Crippen molar-refractivity contribution in [3.05, 3.63) is 11.6 Å². The minimum absolute atomic E-state index is 0.0844. The summed E-state index contributed by atoms with van der Waals surface area (Å²) in [6, 6.07) is 0. The number of carbonyl (C=O) groups is 1. The van der Waals surface area contributed by atoms with E-state index in [0.717, 1.165) is 5.57 Å². The molecule has 0 N–H and O–H groups in total. The second-order valence-corrected chi connectivity index (χ2v) is 7.09. The highest BCUT2D eigenvalue weighted by Crippen LogP contribution is 2.66. The first-order valence-electron chi connectivity index (χ1n) is 7.30. The van der Waals surface area contributed by atoms with Crippen LogP contribution in [-0.2, 0) is 9.53 Å². The molecule has 3 atom stereocenters. The fraction of sp³-hybridized carbons (Fsp3) is 0.812. The molecule has 2 saturated carbocycles. The zero-order valence-electron chi connectivity index (χ0n) is 11.8. The molecule has 3 aliphatic rings. The van der Waals surface area contributed by atoms with E-state index in [2.05, 4.69) is 19.9 Å². The molecule has 0 aromatic rings. The zero-order chi connectivity index (χ0) is 13.0. The quantitative estimate of drug-likeness (QED) is 0.661. The Kier molecular flexibility index (Phi) is 2.62. The lowest BCUT2D eigenvalue weighted by Gasteiger charge is -2.54. The highest BCUT2D eigenvalue weighted by molar-refractivity contribution is 5.89. The van der Waals surface area contributed by atoms with E-state index in [1.165, 1.54) is 45.6 Å². The number of hydrogen-bond acceptors (Lipinski definition) is 2. The van der Waals surface area contributed by atoms with Gasteiger partial charge >= 0.3 is 5.97 Å². The average molecular weight is 248 g/mol. The first kappa shape index (κ1) is 12.3. The monoisotopic (exact) mass is 248 g/mol. The van der Waals surface area contributed by atoms with E-state index in [1.54, 1.807) is 0 Å². The van der Waals surface area contributed by atoms with Crippen molar-refractivity contribution in [3.8, 4) is 0 Å². The van der Waals surface area contributed by atoms with Crippen molar-refractivity contribution in [1.29, 1.82) is 0 Å². The minimum Gasteiger partial charge on any atom is -0.466 e. The van der Waals surface area contributed by atoms with Gasteiger partial charge in [0.15, 0.2) is 0 Å². The Bertz CT molecular complexity index is 407. The zero-order valence-corrected chi connectivity index (χ0v) is 11.8. The third kappa shape index (κ3) is 1.44. The Hall–Kier alpha value is -0.790. The molecule has 2 fully saturated rings. The smallest absolute Gasteiger partial charge is 0.333 e. The van der Waals surface area contributed by atoms with E-state index in [9.17, 15) is 4.79 Å². The normalized spacial score (nSPS) is 40.9. The number of hydrogen-bond donors (Lipinski definition) is 0. The molecule has 2 heteroatoms. The number of allylic oxidation sites excluding steroid dienone is 1. The largest absolute Gasteiger partial charge is 0.466 e. The summed E-state index contributed by atoms with van der Waals surface area (Å²) >= 11 is 0. The number of fused-ring (bicyclic) bond motifs is 1. The highest BCUT2D eigenvalue weighted by atomic mass is 16.5. The van der Waals surface area contributed by atoms with Gasteiger partial charge in [0.05, 0.1) is 7.11 Å². The van der Waals surface area contributed by atoms with E-state index >= 15 is 0 Å². The Morgan fingerprint density at radius 1 is 1.33 bits per heavy atom. The summed E-state index contributed by atoms with van der Waals surface area (Å²) in [5, 5.41) is 0. The van der Waals surface area contributed by atoms with Gasteiger partial charge in [0.25, 0.3) is 0 Å². The predicted molar refractivity (Wildman–Crippen MR) is 71.0 cm³/mol. The summed E-state index contributed by atoms with van der Waals surface area (Å²) in [6.07, 6.45) is 9.88. The maximum atomic E-state index is 11.9. The number of rotatable bonds is 1. The Balaban J connectivity index is 2.01. The second kappa shape index (κ2) is 3.85. The van der Waals surface area contributed by atoms with Crippen LogP contribution in [0, 0.1) is 22.7 Å². The van der Waals surface area contributed by atoms with Gasteiger partial charge in [-0.25, -0.2) is 4.79 Å². The van der Waals surface area contributed by atoms with E-state index in [4.69, 9.17) is 4.74 Å². The van der Waals surface area contributed by atoms with Gasteiger partial charge in [-0.15, -0.1) is 0 Å². The molecule has 0 aromatic carbocycles. The van der Waals surface area contributed by atoms with Crippen LogP contribution in [0.1, 0.15) is 52.4 Å². The van der Waals surface area contributed by atoms with Gasteiger partial charge < -0.3 is 4.74 Å². The second-order valence-electron chi connectivity index (χ2n) is 7.09. The topological polar surface area (TPSA) is 26.3 Å². The van der Waals surface area contributed by atoms with Crippen molar-refractivity contribution in [2.75, 3.05) is 7.11 Å². The van der Waals surface area contributed by atoms with Gasteiger partial charge in [-0.2, -0.15) is 0 Å². The minimum atomic E-state index is -0.0844. The molecule has 0 amide bonds. The molecule has 3 aliphatic carbocycles. The fourth-order valence-corrected chi connectivity index (χ4v) is 5.03. The van der Waals surface area contributed by atoms with Crippen LogP contribution in [0.15, 0.2) is 11.6 Å². The first-order chi connectivity index (χ1) is 8.50. The van der Waals surface area contributed by atoms with Crippen molar-refractivity contribution < 1.29 is 9.53 Å². The van der Waals surface area contributed by atoms with Crippen molar-refractivity contribution >= 4 is 5.97 Å². The van der Waals surface area contributed by atoms with Crippen LogP contribution in [0.5, 0.6) is 0 Å². The average Bonchev–Trinajstić information content (AvgIpc) is 2.71. The molecule has 0 heterocycles. The summed E-state index contributed by atoms with van der Waals surface area (Å²) in [7, 11) is 1.50. The van der Waals surface area contributed by atoms with Crippen LogP contribution in [0.3, 0.4) is 0 Å². The molecule has 0 unspecified atom stereocenters. The molecule has 18 heavy (non-hydrogen) atoms. The number of carbonyl (C=O) groups excluding carboxylic acids is 1. The third-order valence-electron chi connectivity index (χ3n) is 6.17. The summed E-state index contributed by atoms with van der Waals surface area (Å²) in [4.78, 5) is 11.9. The number of esters is 1. The lowest BCUT2D eigenvalue weighted by molar-refractivity contribution is -0.137. The van der Waals surface area contributed by atoms with Crippen molar-refractivity contribution in [2.24, 2.45) is 22.7 Å². The van der Waals surface area contributed by atoms with E-state index in [0.29, 0.717) is 22.7 Å². The van der Waals surface area contributed by atoms with Gasteiger partial charge in [-0.1, -0.05) is 26.3 Å². The van der Waals surface area contributed by atoms with Gasteiger partial charge in [-0.3, -0.25) is 0 Å². The molecule has 0 aliphatic heterocycles. The van der Waals surface area contributed by atoms with E-state index in [1.807, 2.05) is 0 Å². The lowest BCUT2D eigenvalue weighted by atomic mass is 9.50. The lowest BCUT2D eigenvalue weighted by Crippen LogP contribution is -2.46. The van der Waals surface area contributed by atoms with Crippen LogP contribution < -0.4 is 0 Å². The van der Waals surface area contributed by atoms with Crippen molar-refractivity contribution in [1.82, 2.24) is 0 Å². The molecule has 0 saturated heterocycles. The molecule has 1 spiro atoms.